The topological polar surface area (TPSA) is 194 Å². The Labute approximate surface area is 246 Å². The molecule has 2 heterocycles. The summed E-state index contributed by atoms with van der Waals surface area (Å²) in [6, 6.07) is 13.0. The molecule has 228 valence electrons. The van der Waals surface area contributed by atoms with E-state index in [1.807, 2.05) is 30.3 Å². The van der Waals surface area contributed by atoms with E-state index in [0.29, 0.717) is 17.0 Å². The van der Waals surface area contributed by atoms with E-state index in [9.17, 15) is 37.2 Å². The van der Waals surface area contributed by atoms with Gasteiger partial charge in [-0.3, -0.25) is 38.3 Å². The standard InChI is InChI=1S/C27H25N3O8.CH4O3S/c1-15-12-25(34)29(26(15)35)11-10-22(31)28-16-6-7-19-17-4-2-3-5-18(17)21(20(19)13-16)14-37-27(36)38-30-23(32)8-9-24(30)33;1-5(2,3)4/h2-7,13,15,21H,8-12,14H2,1H3,(H,28,31);1H3,(H,2,3,4). The number of rotatable bonds is 7. The molecule has 2 atom stereocenters. The second-order valence-electron chi connectivity index (χ2n) is 10.2. The molecular weight excluding hydrogens is 586 g/mol. The van der Waals surface area contributed by atoms with E-state index in [2.05, 4.69) is 5.32 Å². The van der Waals surface area contributed by atoms with Crippen molar-refractivity contribution in [2.75, 3.05) is 24.7 Å². The highest BCUT2D eigenvalue weighted by atomic mass is 32.2. The highest BCUT2D eigenvalue weighted by Crippen LogP contribution is 2.45. The molecule has 5 rings (SSSR count). The molecule has 5 amide bonds. The number of amides is 5. The van der Waals surface area contributed by atoms with Gasteiger partial charge in [0.2, 0.25) is 17.7 Å². The Balaban J connectivity index is 0.000000782. The molecule has 14 nitrogen and oxygen atoms in total. The maximum atomic E-state index is 12.6. The van der Waals surface area contributed by atoms with E-state index in [4.69, 9.17) is 14.1 Å². The fourth-order valence-corrected chi connectivity index (χ4v) is 5.00. The number of benzene rings is 2. The molecule has 43 heavy (non-hydrogen) atoms. The smallest absolute Gasteiger partial charge is 0.432 e. The summed E-state index contributed by atoms with van der Waals surface area (Å²) in [4.78, 5) is 78.2. The summed E-state index contributed by atoms with van der Waals surface area (Å²) in [5.74, 6) is -2.83. The summed E-state index contributed by atoms with van der Waals surface area (Å²) in [7, 11) is -3.67. The Morgan fingerprint density at radius 2 is 1.60 bits per heavy atom. The average molecular weight is 616 g/mol. The van der Waals surface area contributed by atoms with Crippen LogP contribution in [0.1, 0.15) is 49.7 Å². The van der Waals surface area contributed by atoms with Gasteiger partial charge < -0.3 is 10.1 Å². The molecule has 1 aliphatic carbocycles. The number of nitrogens with zero attached hydrogens (tertiary/aromatic N) is 2. The lowest BCUT2D eigenvalue weighted by Crippen LogP contribution is -2.33. The van der Waals surface area contributed by atoms with Crippen molar-refractivity contribution in [3.63, 3.8) is 0 Å². The Morgan fingerprint density at radius 1 is 0.977 bits per heavy atom. The van der Waals surface area contributed by atoms with Crippen LogP contribution in [0.15, 0.2) is 42.5 Å². The lowest BCUT2D eigenvalue weighted by atomic mass is 9.97. The van der Waals surface area contributed by atoms with Gasteiger partial charge in [-0.2, -0.15) is 8.42 Å². The lowest BCUT2D eigenvalue weighted by Gasteiger charge is -2.17. The maximum absolute atomic E-state index is 12.6. The van der Waals surface area contributed by atoms with Crippen molar-refractivity contribution >= 4 is 51.5 Å². The summed E-state index contributed by atoms with van der Waals surface area (Å²) in [5.41, 5.74) is 4.09. The monoisotopic (exact) mass is 615 g/mol. The molecule has 2 fully saturated rings. The Kier molecular flexibility index (Phi) is 9.25. The number of carbonyl (C=O) groups excluding carboxylic acids is 6. The number of anilines is 1. The van der Waals surface area contributed by atoms with Crippen LogP contribution in [0.3, 0.4) is 0 Å². The minimum atomic E-state index is -3.67. The number of carbonyl (C=O) groups is 6. The Morgan fingerprint density at radius 3 is 2.23 bits per heavy atom. The van der Waals surface area contributed by atoms with Gasteiger partial charge in [0, 0.05) is 49.8 Å². The molecule has 0 aromatic heterocycles. The van der Waals surface area contributed by atoms with E-state index in [1.54, 1.807) is 19.1 Å². The van der Waals surface area contributed by atoms with E-state index in [0.717, 1.165) is 27.2 Å². The van der Waals surface area contributed by atoms with Crippen LogP contribution in [0, 0.1) is 5.92 Å². The summed E-state index contributed by atoms with van der Waals surface area (Å²) in [5, 5.41) is 3.23. The molecule has 0 bridgehead atoms. The predicted molar refractivity (Wildman–Crippen MR) is 148 cm³/mol. The fourth-order valence-electron chi connectivity index (χ4n) is 5.00. The largest absolute Gasteiger partial charge is 0.533 e. The number of hydrogen-bond donors (Lipinski definition) is 2. The number of imide groups is 2. The molecule has 0 spiro atoms. The summed E-state index contributed by atoms with van der Waals surface area (Å²) >= 11 is 0. The van der Waals surface area contributed by atoms with Gasteiger partial charge in [0.15, 0.2) is 0 Å². The molecular formula is C28H29N3O11S. The molecule has 2 unspecified atom stereocenters. The minimum Gasteiger partial charge on any atom is -0.432 e. The second-order valence-corrected chi connectivity index (χ2v) is 11.7. The Bertz CT molecular complexity index is 1580. The van der Waals surface area contributed by atoms with Crippen LogP contribution in [0.25, 0.3) is 11.1 Å². The number of ether oxygens (including phenoxy) is 1. The minimum absolute atomic E-state index is 0.0187. The van der Waals surface area contributed by atoms with E-state index in [1.165, 1.54) is 0 Å². The van der Waals surface area contributed by atoms with Crippen molar-refractivity contribution in [2.45, 2.75) is 38.5 Å². The third-order valence-electron chi connectivity index (χ3n) is 6.91. The van der Waals surface area contributed by atoms with Gasteiger partial charge in [0.1, 0.15) is 6.61 Å². The normalized spacial score (nSPS) is 19.0. The molecule has 2 saturated heterocycles. The van der Waals surface area contributed by atoms with Gasteiger partial charge >= 0.3 is 6.16 Å². The quantitative estimate of drug-likeness (QED) is 0.263. The number of nitrogens with one attached hydrogen (secondary N) is 1. The van der Waals surface area contributed by atoms with Crippen LogP contribution in [-0.2, 0) is 43.7 Å². The molecule has 15 heteroatoms. The lowest BCUT2D eigenvalue weighted by molar-refractivity contribution is -0.177. The first-order valence-electron chi connectivity index (χ1n) is 13.2. The zero-order valence-corrected chi connectivity index (χ0v) is 24.1. The van der Waals surface area contributed by atoms with Gasteiger partial charge in [-0.1, -0.05) is 42.3 Å². The van der Waals surface area contributed by atoms with E-state index in [-0.39, 0.29) is 68.4 Å². The third kappa shape index (κ3) is 7.61. The van der Waals surface area contributed by atoms with Crippen LogP contribution >= 0.6 is 0 Å². The van der Waals surface area contributed by atoms with Crippen LogP contribution < -0.4 is 5.32 Å². The summed E-state index contributed by atoms with van der Waals surface area (Å²) in [6.45, 7) is 1.59. The van der Waals surface area contributed by atoms with Crippen molar-refractivity contribution in [3.8, 4) is 11.1 Å². The highest BCUT2D eigenvalue weighted by Gasteiger charge is 2.36. The fraction of sp³-hybridized carbons (Fsp3) is 0.357. The first-order chi connectivity index (χ1) is 20.2. The molecule has 3 aliphatic rings. The van der Waals surface area contributed by atoms with E-state index >= 15 is 0 Å². The first kappa shape index (κ1) is 31.3. The highest BCUT2D eigenvalue weighted by molar-refractivity contribution is 7.85. The number of fused-ring (bicyclic) bond motifs is 3. The van der Waals surface area contributed by atoms with Crippen molar-refractivity contribution in [2.24, 2.45) is 5.92 Å². The van der Waals surface area contributed by atoms with Gasteiger partial charge in [-0.25, -0.2) is 4.79 Å². The van der Waals surface area contributed by atoms with Crippen LogP contribution in [0.4, 0.5) is 10.5 Å². The summed E-state index contributed by atoms with van der Waals surface area (Å²) < 4.78 is 31.1. The first-order valence-corrected chi connectivity index (χ1v) is 15.1. The van der Waals surface area contributed by atoms with Gasteiger partial charge in [0.25, 0.3) is 21.9 Å². The van der Waals surface area contributed by atoms with Crippen molar-refractivity contribution in [1.82, 2.24) is 9.96 Å². The molecule has 0 saturated carbocycles. The van der Waals surface area contributed by atoms with Crippen molar-refractivity contribution in [1.29, 1.82) is 0 Å². The van der Waals surface area contributed by atoms with Gasteiger partial charge in [-0.15, -0.1) is 0 Å². The summed E-state index contributed by atoms with van der Waals surface area (Å²) in [6.07, 6.45) is -0.361. The third-order valence-corrected chi connectivity index (χ3v) is 6.91. The second kappa shape index (κ2) is 12.7. The number of likely N-dealkylation sites (tertiary alicyclic amines) is 1. The Hall–Kier alpha value is -4.63. The maximum Gasteiger partial charge on any atom is 0.533 e. The van der Waals surface area contributed by atoms with Gasteiger partial charge in [0.05, 0.1) is 6.26 Å². The van der Waals surface area contributed by atoms with Crippen molar-refractivity contribution < 1.29 is 51.3 Å². The number of hydrogen-bond acceptors (Lipinski definition) is 10. The number of hydroxylamine groups is 2. The van der Waals surface area contributed by atoms with Crippen molar-refractivity contribution in [3.05, 3.63) is 53.6 Å². The average Bonchev–Trinajstić information content (AvgIpc) is 3.50. The zero-order chi connectivity index (χ0) is 31.5. The van der Waals surface area contributed by atoms with E-state index < -0.39 is 28.1 Å². The van der Waals surface area contributed by atoms with Crippen LogP contribution in [0.2, 0.25) is 0 Å². The molecule has 2 aromatic carbocycles. The zero-order valence-electron chi connectivity index (χ0n) is 23.3. The molecule has 2 aromatic rings. The SMILES string of the molecule is CC1CC(=O)N(CCC(=O)Nc2ccc3c(c2)C(COC(=O)ON2C(=O)CCC2=O)c2ccccc2-3)C1=O.CS(=O)(=O)O. The van der Waals surface area contributed by atoms with Gasteiger partial charge in [-0.05, 0) is 34.4 Å². The molecule has 2 aliphatic heterocycles. The predicted octanol–water partition coefficient (Wildman–Crippen LogP) is 2.24. The van der Waals surface area contributed by atoms with Crippen LogP contribution in [-0.4, -0.2) is 78.0 Å². The van der Waals surface area contributed by atoms with Crippen LogP contribution in [0.5, 0.6) is 0 Å². The molecule has 0 radical (unpaired) electrons. The molecule has 2 N–H and O–H groups in total.